The molecule has 0 aliphatic rings. The third kappa shape index (κ3) is 8.46. The monoisotopic (exact) mass is 360 g/mol. The summed E-state index contributed by atoms with van der Waals surface area (Å²) in [6.07, 6.45) is 9.56. The fraction of sp³-hybridized carbons (Fsp3) is 0.619. The maximum atomic E-state index is 11.3. The summed E-state index contributed by atoms with van der Waals surface area (Å²) >= 11 is 0. The molecule has 1 unspecified atom stereocenters. The van der Waals surface area contributed by atoms with E-state index < -0.39 is 11.6 Å². The number of hydrogen-bond donors (Lipinski definition) is 3. The standard InChI is InChI=1S/C21H32N2O3/c1-3-4-5-6-7-8-9-10-11-13-19-14-12-15-20(22-19)21(26,16-17-24)23-18(2)25/h12,14-15,24,26H,3-10,16-17H2,1-2H3,(H,23,25). The molecule has 0 saturated carbocycles. The van der Waals surface area contributed by atoms with E-state index in [0.29, 0.717) is 5.69 Å². The summed E-state index contributed by atoms with van der Waals surface area (Å²) in [4.78, 5) is 15.7. The van der Waals surface area contributed by atoms with Crippen LogP contribution in [0, 0.1) is 11.8 Å². The number of amides is 1. The molecule has 26 heavy (non-hydrogen) atoms. The van der Waals surface area contributed by atoms with Gasteiger partial charge in [0.2, 0.25) is 5.91 Å². The molecule has 5 heteroatoms. The van der Waals surface area contributed by atoms with Crippen LogP contribution in [-0.4, -0.2) is 27.7 Å². The second-order valence-corrected chi connectivity index (χ2v) is 6.60. The Morgan fingerprint density at radius 3 is 2.54 bits per heavy atom. The molecule has 0 spiro atoms. The first-order chi connectivity index (χ1) is 12.5. The van der Waals surface area contributed by atoms with Gasteiger partial charge in [0.05, 0.1) is 5.69 Å². The van der Waals surface area contributed by atoms with Crippen LogP contribution >= 0.6 is 0 Å². The minimum Gasteiger partial charge on any atom is -0.396 e. The van der Waals surface area contributed by atoms with Crippen LogP contribution in [0.25, 0.3) is 0 Å². The van der Waals surface area contributed by atoms with Crippen molar-refractivity contribution in [2.24, 2.45) is 0 Å². The Labute approximate surface area is 157 Å². The van der Waals surface area contributed by atoms with Gasteiger partial charge in [0, 0.05) is 26.4 Å². The number of carbonyl (C=O) groups excluding carboxylic acids is 1. The maximum Gasteiger partial charge on any atom is 0.219 e. The van der Waals surface area contributed by atoms with E-state index in [1.807, 2.05) is 0 Å². The van der Waals surface area contributed by atoms with Crippen LogP contribution < -0.4 is 5.32 Å². The third-order valence-electron chi connectivity index (χ3n) is 4.15. The number of nitrogens with zero attached hydrogens (tertiary/aromatic N) is 1. The van der Waals surface area contributed by atoms with E-state index in [9.17, 15) is 15.0 Å². The molecule has 0 bridgehead atoms. The van der Waals surface area contributed by atoms with E-state index in [-0.39, 0.29) is 18.7 Å². The van der Waals surface area contributed by atoms with Gasteiger partial charge in [0.1, 0.15) is 5.69 Å². The van der Waals surface area contributed by atoms with Crippen LogP contribution in [-0.2, 0) is 10.5 Å². The summed E-state index contributed by atoms with van der Waals surface area (Å²) in [6, 6.07) is 5.13. The highest BCUT2D eigenvalue weighted by Crippen LogP contribution is 2.20. The molecule has 144 valence electrons. The fourth-order valence-electron chi connectivity index (χ4n) is 2.77. The minimum absolute atomic E-state index is 0.0332. The predicted molar refractivity (Wildman–Crippen MR) is 103 cm³/mol. The first-order valence-corrected chi connectivity index (χ1v) is 9.60. The number of unbranched alkanes of at least 4 members (excludes halogenated alkanes) is 7. The molecule has 1 atom stereocenters. The molecule has 0 saturated heterocycles. The SMILES string of the molecule is CCCCCCCCCC#Cc1cccc(C(O)(CCO)NC(C)=O)n1. The Bertz CT molecular complexity index is 607. The number of hydrogen-bond acceptors (Lipinski definition) is 4. The lowest BCUT2D eigenvalue weighted by Crippen LogP contribution is -2.46. The molecule has 1 heterocycles. The average Bonchev–Trinajstić information content (AvgIpc) is 2.60. The number of nitrogens with one attached hydrogen (secondary N) is 1. The lowest BCUT2D eigenvalue weighted by atomic mass is 10.0. The van der Waals surface area contributed by atoms with Gasteiger partial charge in [-0.15, -0.1) is 0 Å². The predicted octanol–water partition coefficient (Wildman–Crippen LogP) is 3.24. The summed E-state index contributed by atoms with van der Waals surface area (Å²) < 4.78 is 0. The average molecular weight is 360 g/mol. The molecule has 0 radical (unpaired) electrons. The van der Waals surface area contributed by atoms with Crippen molar-refractivity contribution in [1.82, 2.24) is 10.3 Å². The molecule has 0 aliphatic heterocycles. The summed E-state index contributed by atoms with van der Waals surface area (Å²) in [5.74, 6) is 5.75. The second kappa shape index (κ2) is 12.5. The van der Waals surface area contributed by atoms with Crippen molar-refractivity contribution in [2.75, 3.05) is 6.61 Å². The van der Waals surface area contributed by atoms with Gasteiger partial charge in [0.25, 0.3) is 0 Å². The quantitative estimate of drug-likeness (QED) is 0.321. The topological polar surface area (TPSA) is 82.5 Å². The van der Waals surface area contributed by atoms with Crippen molar-refractivity contribution < 1.29 is 15.0 Å². The number of carbonyl (C=O) groups is 1. The molecule has 3 N–H and O–H groups in total. The van der Waals surface area contributed by atoms with E-state index in [0.717, 1.165) is 12.8 Å². The Morgan fingerprint density at radius 1 is 1.19 bits per heavy atom. The van der Waals surface area contributed by atoms with E-state index in [1.54, 1.807) is 18.2 Å². The Kier molecular flexibility index (Phi) is 10.6. The van der Waals surface area contributed by atoms with E-state index in [4.69, 9.17) is 0 Å². The molecular weight excluding hydrogens is 328 g/mol. The highest BCUT2D eigenvalue weighted by atomic mass is 16.3. The van der Waals surface area contributed by atoms with Crippen molar-refractivity contribution in [3.63, 3.8) is 0 Å². The summed E-state index contributed by atoms with van der Waals surface area (Å²) in [5.41, 5.74) is -0.854. The largest absolute Gasteiger partial charge is 0.396 e. The first kappa shape index (κ1) is 22.1. The first-order valence-electron chi connectivity index (χ1n) is 9.60. The number of aromatic nitrogens is 1. The second-order valence-electron chi connectivity index (χ2n) is 6.60. The fourth-order valence-corrected chi connectivity index (χ4v) is 2.77. The van der Waals surface area contributed by atoms with E-state index >= 15 is 0 Å². The summed E-state index contributed by atoms with van der Waals surface area (Å²) in [7, 11) is 0. The molecule has 1 rings (SSSR count). The van der Waals surface area contributed by atoms with Crippen molar-refractivity contribution in [2.45, 2.75) is 77.4 Å². The molecular formula is C21H32N2O3. The van der Waals surface area contributed by atoms with Crippen LogP contribution in [0.2, 0.25) is 0 Å². The van der Waals surface area contributed by atoms with E-state index in [1.165, 1.54) is 45.4 Å². The van der Waals surface area contributed by atoms with Crippen molar-refractivity contribution in [3.8, 4) is 11.8 Å². The zero-order valence-corrected chi connectivity index (χ0v) is 16.1. The van der Waals surface area contributed by atoms with Crippen LogP contribution in [0.1, 0.15) is 83.0 Å². The van der Waals surface area contributed by atoms with Crippen LogP contribution in [0.3, 0.4) is 0 Å². The summed E-state index contributed by atoms with van der Waals surface area (Å²) in [5, 5.41) is 22.2. The molecule has 0 fully saturated rings. The van der Waals surface area contributed by atoms with Gasteiger partial charge in [-0.05, 0) is 24.5 Å². The zero-order valence-electron chi connectivity index (χ0n) is 16.1. The third-order valence-corrected chi connectivity index (χ3v) is 4.15. The zero-order chi connectivity index (χ0) is 19.3. The van der Waals surface area contributed by atoms with Crippen molar-refractivity contribution >= 4 is 5.91 Å². The van der Waals surface area contributed by atoms with Crippen LogP contribution in [0.5, 0.6) is 0 Å². The van der Waals surface area contributed by atoms with Gasteiger partial charge in [0.15, 0.2) is 5.72 Å². The van der Waals surface area contributed by atoms with Gasteiger partial charge in [-0.3, -0.25) is 4.79 Å². The number of aliphatic hydroxyl groups is 2. The highest BCUT2D eigenvalue weighted by Gasteiger charge is 2.31. The van der Waals surface area contributed by atoms with E-state index in [2.05, 4.69) is 29.1 Å². The minimum atomic E-state index is -1.68. The number of rotatable bonds is 11. The maximum absolute atomic E-state index is 11.3. The summed E-state index contributed by atoms with van der Waals surface area (Å²) in [6.45, 7) is 3.26. The Balaban J connectivity index is 2.57. The van der Waals surface area contributed by atoms with Gasteiger partial charge >= 0.3 is 0 Å². The smallest absolute Gasteiger partial charge is 0.219 e. The van der Waals surface area contributed by atoms with Crippen molar-refractivity contribution in [1.29, 1.82) is 0 Å². The van der Waals surface area contributed by atoms with Gasteiger partial charge in [-0.1, -0.05) is 57.4 Å². The molecule has 1 aromatic rings. The van der Waals surface area contributed by atoms with Crippen molar-refractivity contribution in [3.05, 3.63) is 29.6 Å². The van der Waals surface area contributed by atoms with Gasteiger partial charge < -0.3 is 15.5 Å². The number of aliphatic hydroxyl groups excluding tert-OH is 1. The van der Waals surface area contributed by atoms with Gasteiger partial charge in [-0.2, -0.15) is 0 Å². The van der Waals surface area contributed by atoms with Crippen LogP contribution in [0.4, 0.5) is 0 Å². The lowest BCUT2D eigenvalue weighted by Gasteiger charge is -2.27. The molecule has 5 nitrogen and oxygen atoms in total. The van der Waals surface area contributed by atoms with Crippen LogP contribution in [0.15, 0.2) is 18.2 Å². The Morgan fingerprint density at radius 2 is 1.88 bits per heavy atom. The molecule has 1 amide bonds. The molecule has 0 aliphatic carbocycles. The van der Waals surface area contributed by atoms with Gasteiger partial charge in [-0.25, -0.2) is 4.98 Å². The molecule has 0 aromatic carbocycles. The number of pyridine rings is 1. The highest BCUT2D eigenvalue weighted by molar-refractivity contribution is 5.73. The molecule has 1 aromatic heterocycles. The normalized spacial score (nSPS) is 12.8. The Hall–Kier alpha value is -1.90. The lowest BCUT2D eigenvalue weighted by molar-refractivity contribution is -0.128.